The number of hydrogen-bond donors (Lipinski definition) is 2. The molecule has 5 rings (SSSR count). The van der Waals surface area contributed by atoms with E-state index in [1.54, 1.807) is 30.3 Å². The molecule has 3 atom stereocenters. The minimum atomic E-state index is -4.22. The van der Waals surface area contributed by atoms with Crippen molar-refractivity contribution in [3.8, 4) is 0 Å². The molecule has 234 valence electrons. The number of nitrogens with zero attached hydrogens (tertiary/aromatic N) is 1. The third kappa shape index (κ3) is 7.81. The number of nitrogens with one attached hydrogen (secondary N) is 2. The second-order valence-corrected chi connectivity index (χ2v) is 14.1. The first kappa shape index (κ1) is 32.0. The summed E-state index contributed by atoms with van der Waals surface area (Å²) < 4.78 is 57.1. The molecule has 1 aliphatic heterocycles. The largest absolute Gasteiger partial charge is 0.349 e. The summed E-state index contributed by atoms with van der Waals surface area (Å²) in [6, 6.07) is 18.8. The molecule has 0 saturated carbocycles. The maximum absolute atomic E-state index is 13.9. The van der Waals surface area contributed by atoms with E-state index in [4.69, 9.17) is 0 Å². The summed E-state index contributed by atoms with van der Waals surface area (Å²) in [4.78, 5) is 15.6. The van der Waals surface area contributed by atoms with Crippen LogP contribution in [0.15, 0.2) is 84.3 Å². The second kappa shape index (κ2) is 13.3. The molecule has 1 amide bonds. The molecule has 3 aromatic carbocycles. The number of halogens is 2. The number of likely N-dealkylation sites (tertiary alicyclic amines) is 1. The number of amides is 1. The molecule has 1 fully saturated rings. The van der Waals surface area contributed by atoms with Gasteiger partial charge in [0.1, 0.15) is 0 Å². The van der Waals surface area contributed by atoms with E-state index in [0.29, 0.717) is 11.5 Å². The van der Waals surface area contributed by atoms with Crippen molar-refractivity contribution < 1.29 is 22.0 Å². The van der Waals surface area contributed by atoms with Gasteiger partial charge in [-0.05, 0) is 78.1 Å². The van der Waals surface area contributed by atoms with Crippen molar-refractivity contribution in [1.29, 1.82) is 0 Å². The van der Waals surface area contributed by atoms with E-state index in [9.17, 15) is 22.0 Å². The molecule has 0 unspecified atom stereocenters. The highest BCUT2D eigenvalue weighted by atomic mass is 32.2. The highest BCUT2D eigenvalue weighted by Gasteiger charge is 2.30. The lowest BCUT2D eigenvalue weighted by atomic mass is 9.85. The van der Waals surface area contributed by atoms with Crippen molar-refractivity contribution in [2.45, 2.75) is 68.9 Å². The first-order valence-electron chi connectivity index (χ1n) is 15.3. The van der Waals surface area contributed by atoms with Crippen LogP contribution in [-0.2, 0) is 27.2 Å². The molecule has 9 heteroatoms. The number of hydrogen-bond acceptors (Lipinski definition) is 4. The summed E-state index contributed by atoms with van der Waals surface area (Å²) in [5.41, 5.74) is 4.69. The van der Waals surface area contributed by atoms with Gasteiger partial charge < -0.3 is 5.32 Å². The first-order chi connectivity index (χ1) is 20.9. The summed E-state index contributed by atoms with van der Waals surface area (Å²) in [7, 11) is -4.22. The Bertz CT molecular complexity index is 1600. The van der Waals surface area contributed by atoms with Gasteiger partial charge in [-0.15, -0.1) is 0 Å². The normalized spacial score (nSPS) is 19.7. The molecule has 1 heterocycles. The second-order valence-electron chi connectivity index (χ2n) is 12.4. The molecular weight excluding hydrogens is 580 g/mol. The molecule has 1 aliphatic carbocycles. The van der Waals surface area contributed by atoms with E-state index in [-0.39, 0.29) is 23.3 Å². The minimum absolute atomic E-state index is 0.151. The van der Waals surface area contributed by atoms with Gasteiger partial charge in [0.25, 0.3) is 5.92 Å². The van der Waals surface area contributed by atoms with Crippen LogP contribution in [0.5, 0.6) is 0 Å². The van der Waals surface area contributed by atoms with Crippen LogP contribution in [0, 0.1) is 5.92 Å². The molecule has 2 aliphatic rings. The predicted octanol–water partition coefficient (Wildman–Crippen LogP) is 6.76. The maximum Gasteiger partial charge on any atom is 0.270 e. The Morgan fingerprint density at radius 2 is 1.84 bits per heavy atom. The van der Waals surface area contributed by atoms with Gasteiger partial charge >= 0.3 is 0 Å². The number of rotatable bonds is 11. The summed E-state index contributed by atoms with van der Waals surface area (Å²) in [5.74, 6) is -2.78. The van der Waals surface area contributed by atoms with Crippen LogP contribution in [0.3, 0.4) is 0 Å². The minimum Gasteiger partial charge on any atom is -0.349 e. The van der Waals surface area contributed by atoms with Crippen molar-refractivity contribution in [3.05, 3.63) is 107 Å². The fraction of sp³-hybridized carbons (Fsp3) is 0.400. The van der Waals surface area contributed by atoms with Crippen molar-refractivity contribution in [3.63, 3.8) is 0 Å². The lowest BCUT2D eigenvalue weighted by Crippen LogP contribution is -2.36. The van der Waals surface area contributed by atoms with Crippen LogP contribution in [0.4, 0.5) is 8.78 Å². The quantitative estimate of drug-likeness (QED) is 0.248. The van der Waals surface area contributed by atoms with Crippen molar-refractivity contribution in [2.75, 3.05) is 19.6 Å². The number of carbonyl (C=O) groups excluding carboxylic acids is 1. The average Bonchev–Trinajstić information content (AvgIpc) is 3.40. The zero-order valence-electron chi connectivity index (χ0n) is 25.4. The summed E-state index contributed by atoms with van der Waals surface area (Å²) in [6.45, 7) is 10.4. The van der Waals surface area contributed by atoms with Crippen molar-refractivity contribution in [2.24, 2.45) is 5.92 Å². The van der Waals surface area contributed by atoms with E-state index in [1.165, 1.54) is 30.2 Å². The molecule has 6 nitrogen and oxygen atoms in total. The summed E-state index contributed by atoms with van der Waals surface area (Å²) >= 11 is 0. The molecule has 0 bridgehead atoms. The van der Waals surface area contributed by atoms with E-state index in [1.807, 2.05) is 0 Å². The molecule has 2 N–H and O–H groups in total. The lowest BCUT2D eigenvalue weighted by molar-refractivity contribution is -0.122. The predicted molar refractivity (Wildman–Crippen MR) is 170 cm³/mol. The zero-order chi connectivity index (χ0) is 31.5. The molecule has 0 aromatic heterocycles. The van der Waals surface area contributed by atoms with E-state index in [2.05, 4.69) is 46.6 Å². The van der Waals surface area contributed by atoms with Crippen LogP contribution in [0.25, 0.3) is 5.57 Å². The fourth-order valence-electron chi connectivity index (χ4n) is 6.26. The Kier molecular flexibility index (Phi) is 9.68. The van der Waals surface area contributed by atoms with Crippen LogP contribution in [-0.4, -0.2) is 38.9 Å². The molecule has 0 spiro atoms. The number of alkyl halides is 2. The van der Waals surface area contributed by atoms with E-state index < -0.39 is 27.6 Å². The molecular formula is C35H41F2N3O3S. The Morgan fingerprint density at radius 1 is 1.07 bits per heavy atom. The Balaban J connectivity index is 1.30. The Hall–Kier alpha value is -3.40. The molecule has 3 aromatic rings. The topological polar surface area (TPSA) is 78.5 Å². The van der Waals surface area contributed by atoms with E-state index in [0.717, 1.165) is 68.6 Å². The number of carbonyl (C=O) groups is 1. The maximum atomic E-state index is 13.9. The fourth-order valence-corrected chi connectivity index (χ4v) is 7.53. The SMILES string of the molecule is C=C(CN1CC[C@@H](C)C1)c1ccc2c(c1)CCC[C@H]2NC(=O)C[C@@H](NS(=O)(=O)c1cccc(C(C)(F)F)c1)c1ccccc1. The smallest absolute Gasteiger partial charge is 0.270 e. The van der Waals surface area contributed by atoms with Gasteiger partial charge in [-0.2, -0.15) is 0 Å². The highest BCUT2D eigenvalue weighted by Crippen LogP contribution is 2.33. The standard InChI is InChI=1S/C35H41F2N3O3S/c1-24-17-18-40(22-24)23-25(2)27-15-16-31-28(19-27)11-7-14-32(31)38-34(41)21-33(26-9-5-4-6-10-26)39-44(42,43)30-13-8-12-29(20-30)35(3,36)37/h4-6,8-10,12-13,15-16,19-20,24,32-33,39H,2,7,11,14,17-18,21-23H2,1,3H3,(H,38,41)/t24-,32-,33-/m1/s1. The Morgan fingerprint density at radius 3 is 2.55 bits per heavy atom. The van der Waals surface area contributed by atoms with Crippen molar-refractivity contribution >= 4 is 21.5 Å². The monoisotopic (exact) mass is 621 g/mol. The third-order valence-electron chi connectivity index (χ3n) is 8.66. The number of sulfonamides is 1. The first-order valence-corrected chi connectivity index (χ1v) is 16.8. The van der Waals surface area contributed by atoms with E-state index >= 15 is 0 Å². The molecule has 44 heavy (non-hydrogen) atoms. The number of benzene rings is 3. The molecule has 1 saturated heterocycles. The van der Waals surface area contributed by atoms with Crippen LogP contribution in [0.2, 0.25) is 0 Å². The average molecular weight is 622 g/mol. The zero-order valence-corrected chi connectivity index (χ0v) is 26.2. The van der Waals surface area contributed by atoms with Gasteiger partial charge in [0.2, 0.25) is 15.9 Å². The van der Waals surface area contributed by atoms with Gasteiger partial charge in [-0.25, -0.2) is 21.9 Å². The van der Waals surface area contributed by atoms with Gasteiger partial charge in [0.05, 0.1) is 17.0 Å². The van der Waals surface area contributed by atoms with Gasteiger partial charge in [0.15, 0.2) is 0 Å². The summed E-state index contributed by atoms with van der Waals surface area (Å²) in [6.07, 6.45) is 3.69. The highest BCUT2D eigenvalue weighted by molar-refractivity contribution is 7.89. The molecule has 0 radical (unpaired) electrons. The van der Waals surface area contributed by atoms with Crippen LogP contribution >= 0.6 is 0 Å². The number of aryl methyl sites for hydroxylation is 1. The van der Waals surface area contributed by atoms with Crippen LogP contribution in [0.1, 0.15) is 79.4 Å². The van der Waals surface area contributed by atoms with Crippen molar-refractivity contribution in [1.82, 2.24) is 14.9 Å². The van der Waals surface area contributed by atoms with Gasteiger partial charge in [0, 0.05) is 32.0 Å². The third-order valence-corrected chi connectivity index (χ3v) is 10.1. The van der Waals surface area contributed by atoms with Gasteiger partial charge in [-0.1, -0.05) is 74.2 Å². The lowest BCUT2D eigenvalue weighted by Gasteiger charge is -2.28. The Labute approximate surface area is 259 Å². The van der Waals surface area contributed by atoms with Gasteiger partial charge in [-0.3, -0.25) is 9.69 Å². The number of fused-ring (bicyclic) bond motifs is 1. The van der Waals surface area contributed by atoms with Crippen LogP contribution < -0.4 is 10.0 Å². The summed E-state index contributed by atoms with van der Waals surface area (Å²) in [5, 5.41) is 3.14.